The summed E-state index contributed by atoms with van der Waals surface area (Å²) in [5, 5.41) is 3.32. The number of pyridine rings is 1. The molecule has 0 saturated heterocycles. The Bertz CT molecular complexity index is 263. The lowest BCUT2D eigenvalue weighted by molar-refractivity contribution is 0.976. The van der Waals surface area contributed by atoms with Crippen LogP contribution < -0.4 is 5.32 Å². The monoisotopic (exact) mass is 210 g/mol. The standard InChI is InChI=1S/C11H18N2S/c1-3-14-9-5-8-12-11-7-4-6-10(2)13-11/h4,6-7H,3,5,8-9H2,1-2H3,(H,12,13). The molecule has 14 heavy (non-hydrogen) atoms. The molecule has 0 spiro atoms. The number of aryl methyl sites for hydroxylation is 1. The van der Waals surface area contributed by atoms with Gasteiger partial charge in [-0.2, -0.15) is 11.8 Å². The van der Waals surface area contributed by atoms with Crippen LogP contribution in [0.5, 0.6) is 0 Å². The molecule has 0 unspecified atom stereocenters. The van der Waals surface area contributed by atoms with Crippen molar-refractivity contribution in [3.63, 3.8) is 0 Å². The van der Waals surface area contributed by atoms with Crippen LogP contribution in [0.25, 0.3) is 0 Å². The highest BCUT2D eigenvalue weighted by Gasteiger charge is 1.92. The smallest absolute Gasteiger partial charge is 0.126 e. The Morgan fingerprint density at radius 2 is 2.29 bits per heavy atom. The fourth-order valence-corrected chi connectivity index (χ4v) is 1.81. The number of thioether (sulfide) groups is 1. The number of aromatic nitrogens is 1. The van der Waals surface area contributed by atoms with E-state index in [1.54, 1.807) is 0 Å². The molecular formula is C11H18N2S. The van der Waals surface area contributed by atoms with Crippen LogP contribution in [-0.2, 0) is 0 Å². The van der Waals surface area contributed by atoms with Crippen LogP contribution in [0, 0.1) is 6.92 Å². The topological polar surface area (TPSA) is 24.9 Å². The van der Waals surface area contributed by atoms with Gasteiger partial charge in [0.05, 0.1) is 0 Å². The second kappa shape index (κ2) is 6.71. The summed E-state index contributed by atoms with van der Waals surface area (Å²) in [5.41, 5.74) is 1.07. The van der Waals surface area contributed by atoms with Crippen LogP contribution in [0.2, 0.25) is 0 Å². The minimum absolute atomic E-state index is 0.992. The van der Waals surface area contributed by atoms with Crippen molar-refractivity contribution in [3.05, 3.63) is 23.9 Å². The first kappa shape index (κ1) is 11.4. The largest absolute Gasteiger partial charge is 0.370 e. The molecule has 0 atom stereocenters. The van der Waals surface area contributed by atoms with Crippen LogP contribution in [-0.4, -0.2) is 23.0 Å². The Morgan fingerprint density at radius 3 is 3.00 bits per heavy atom. The van der Waals surface area contributed by atoms with Gasteiger partial charge in [-0.1, -0.05) is 13.0 Å². The van der Waals surface area contributed by atoms with Gasteiger partial charge in [-0.3, -0.25) is 0 Å². The molecule has 0 fully saturated rings. The maximum atomic E-state index is 4.37. The molecule has 0 aliphatic carbocycles. The summed E-state index contributed by atoms with van der Waals surface area (Å²) < 4.78 is 0. The summed E-state index contributed by atoms with van der Waals surface area (Å²) in [4.78, 5) is 4.37. The molecule has 0 amide bonds. The van der Waals surface area contributed by atoms with Crippen LogP contribution in [0.15, 0.2) is 18.2 Å². The van der Waals surface area contributed by atoms with Crippen molar-refractivity contribution in [2.24, 2.45) is 0 Å². The first-order chi connectivity index (χ1) is 6.83. The third-order valence-electron chi connectivity index (χ3n) is 1.86. The summed E-state index contributed by atoms with van der Waals surface area (Å²) in [5.74, 6) is 3.43. The molecule has 0 saturated carbocycles. The first-order valence-electron chi connectivity index (χ1n) is 5.08. The molecule has 1 aromatic heterocycles. The van der Waals surface area contributed by atoms with E-state index in [1.165, 1.54) is 17.9 Å². The summed E-state index contributed by atoms with van der Waals surface area (Å²) in [6, 6.07) is 6.06. The number of anilines is 1. The van der Waals surface area contributed by atoms with Crippen molar-refractivity contribution in [2.75, 3.05) is 23.4 Å². The van der Waals surface area contributed by atoms with E-state index >= 15 is 0 Å². The Kier molecular flexibility index (Phi) is 5.45. The zero-order chi connectivity index (χ0) is 10.2. The normalized spacial score (nSPS) is 10.1. The van der Waals surface area contributed by atoms with Gasteiger partial charge in [-0.25, -0.2) is 4.98 Å². The Morgan fingerprint density at radius 1 is 1.43 bits per heavy atom. The van der Waals surface area contributed by atoms with Crippen LogP contribution >= 0.6 is 11.8 Å². The van der Waals surface area contributed by atoms with Crippen molar-refractivity contribution in [3.8, 4) is 0 Å². The molecular weight excluding hydrogens is 192 g/mol. The molecule has 1 rings (SSSR count). The fraction of sp³-hybridized carbons (Fsp3) is 0.545. The molecule has 0 aliphatic rings. The number of rotatable bonds is 6. The highest BCUT2D eigenvalue weighted by molar-refractivity contribution is 7.99. The lowest BCUT2D eigenvalue weighted by atomic mass is 10.3. The molecule has 0 bridgehead atoms. The van der Waals surface area contributed by atoms with Crippen LogP contribution in [0.3, 0.4) is 0 Å². The quantitative estimate of drug-likeness (QED) is 0.731. The van der Waals surface area contributed by atoms with Gasteiger partial charge < -0.3 is 5.32 Å². The predicted molar refractivity (Wildman–Crippen MR) is 65.1 cm³/mol. The van der Waals surface area contributed by atoms with E-state index in [-0.39, 0.29) is 0 Å². The van der Waals surface area contributed by atoms with E-state index in [9.17, 15) is 0 Å². The summed E-state index contributed by atoms with van der Waals surface area (Å²) in [7, 11) is 0. The average Bonchev–Trinajstić information content (AvgIpc) is 2.18. The number of nitrogens with one attached hydrogen (secondary N) is 1. The van der Waals surface area contributed by atoms with Crippen molar-refractivity contribution in [1.82, 2.24) is 4.98 Å². The first-order valence-corrected chi connectivity index (χ1v) is 6.23. The fourth-order valence-electron chi connectivity index (χ4n) is 1.18. The maximum Gasteiger partial charge on any atom is 0.126 e. The molecule has 2 nitrogen and oxygen atoms in total. The van der Waals surface area contributed by atoms with Gasteiger partial charge in [0.1, 0.15) is 5.82 Å². The summed E-state index contributed by atoms with van der Waals surface area (Å²) >= 11 is 1.99. The van der Waals surface area contributed by atoms with E-state index in [0.29, 0.717) is 0 Å². The van der Waals surface area contributed by atoms with E-state index < -0.39 is 0 Å². The van der Waals surface area contributed by atoms with Crippen molar-refractivity contribution in [1.29, 1.82) is 0 Å². The minimum atomic E-state index is 0.992. The predicted octanol–water partition coefficient (Wildman–Crippen LogP) is 2.95. The third kappa shape index (κ3) is 4.51. The molecule has 1 heterocycles. The van der Waals surface area contributed by atoms with Gasteiger partial charge in [-0.05, 0) is 37.0 Å². The summed E-state index contributed by atoms with van der Waals surface area (Å²) in [6.45, 7) is 5.22. The van der Waals surface area contributed by atoms with E-state index in [2.05, 4.69) is 17.2 Å². The van der Waals surface area contributed by atoms with Crippen molar-refractivity contribution in [2.45, 2.75) is 20.3 Å². The Labute approximate surface area is 90.5 Å². The Hall–Kier alpha value is -0.700. The number of hydrogen-bond acceptors (Lipinski definition) is 3. The maximum absolute atomic E-state index is 4.37. The lowest BCUT2D eigenvalue weighted by Crippen LogP contribution is -2.04. The zero-order valence-electron chi connectivity index (χ0n) is 8.92. The molecule has 0 aromatic carbocycles. The molecule has 1 aromatic rings. The number of hydrogen-bond donors (Lipinski definition) is 1. The zero-order valence-corrected chi connectivity index (χ0v) is 9.73. The van der Waals surface area contributed by atoms with Gasteiger partial charge in [0.2, 0.25) is 0 Å². The molecule has 0 radical (unpaired) electrons. The van der Waals surface area contributed by atoms with Crippen molar-refractivity contribution >= 4 is 17.6 Å². The van der Waals surface area contributed by atoms with Crippen LogP contribution in [0.4, 0.5) is 5.82 Å². The SMILES string of the molecule is CCSCCCNc1cccc(C)n1. The highest BCUT2D eigenvalue weighted by atomic mass is 32.2. The van der Waals surface area contributed by atoms with E-state index in [0.717, 1.165) is 18.1 Å². The third-order valence-corrected chi connectivity index (χ3v) is 2.85. The van der Waals surface area contributed by atoms with Gasteiger partial charge in [0.15, 0.2) is 0 Å². The molecule has 0 aliphatic heterocycles. The minimum Gasteiger partial charge on any atom is -0.370 e. The summed E-state index contributed by atoms with van der Waals surface area (Å²) in [6.07, 6.45) is 1.20. The highest BCUT2D eigenvalue weighted by Crippen LogP contribution is 2.05. The number of nitrogens with zero attached hydrogens (tertiary/aromatic N) is 1. The van der Waals surface area contributed by atoms with Crippen LogP contribution in [0.1, 0.15) is 19.0 Å². The lowest BCUT2D eigenvalue weighted by Gasteiger charge is -2.05. The molecule has 1 N–H and O–H groups in total. The second-order valence-electron chi connectivity index (χ2n) is 3.14. The molecule has 3 heteroatoms. The van der Waals surface area contributed by atoms with Gasteiger partial charge in [-0.15, -0.1) is 0 Å². The van der Waals surface area contributed by atoms with Gasteiger partial charge in [0.25, 0.3) is 0 Å². The average molecular weight is 210 g/mol. The molecule has 78 valence electrons. The van der Waals surface area contributed by atoms with Crippen molar-refractivity contribution < 1.29 is 0 Å². The Balaban J connectivity index is 2.18. The van der Waals surface area contributed by atoms with E-state index in [4.69, 9.17) is 0 Å². The second-order valence-corrected chi connectivity index (χ2v) is 4.54. The van der Waals surface area contributed by atoms with Gasteiger partial charge in [0, 0.05) is 12.2 Å². The van der Waals surface area contributed by atoms with Gasteiger partial charge >= 0.3 is 0 Å². The van der Waals surface area contributed by atoms with E-state index in [1.807, 2.05) is 36.9 Å².